The Morgan fingerprint density at radius 2 is 1.68 bits per heavy atom. The molecule has 0 atom stereocenters. The van der Waals surface area contributed by atoms with Gasteiger partial charge in [0, 0.05) is 50.0 Å². The summed E-state index contributed by atoms with van der Waals surface area (Å²) in [5, 5.41) is 0. The Morgan fingerprint density at radius 3 is 2.48 bits per heavy atom. The van der Waals surface area contributed by atoms with E-state index in [0.29, 0.717) is 13.2 Å². The van der Waals surface area contributed by atoms with Gasteiger partial charge in [-0.05, 0) is 18.2 Å². The minimum Gasteiger partial charge on any atom is -0.496 e. The van der Waals surface area contributed by atoms with Gasteiger partial charge in [-0.3, -0.25) is 4.90 Å². The fourth-order valence-electron chi connectivity index (χ4n) is 3.47. The Hall–Kier alpha value is -2.40. The van der Waals surface area contributed by atoms with Crippen LogP contribution in [0.15, 0.2) is 42.5 Å². The molecular formula is C20H24N2O3. The molecule has 2 aromatic carbocycles. The van der Waals surface area contributed by atoms with Crippen LogP contribution in [0, 0.1) is 0 Å². The Bertz CT molecular complexity index is 727. The van der Waals surface area contributed by atoms with Gasteiger partial charge in [0.25, 0.3) is 0 Å². The minimum absolute atomic E-state index is 0.628. The number of piperazine rings is 1. The molecular weight excluding hydrogens is 316 g/mol. The highest BCUT2D eigenvalue weighted by molar-refractivity contribution is 5.57. The molecule has 132 valence electrons. The van der Waals surface area contributed by atoms with Crippen LogP contribution in [-0.4, -0.2) is 51.4 Å². The summed E-state index contributed by atoms with van der Waals surface area (Å²) >= 11 is 0. The summed E-state index contributed by atoms with van der Waals surface area (Å²) in [7, 11) is 1.73. The predicted octanol–water partition coefficient (Wildman–Crippen LogP) is 2.79. The zero-order chi connectivity index (χ0) is 17.1. The molecule has 0 amide bonds. The van der Waals surface area contributed by atoms with Crippen molar-refractivity contribution in [3.8, 4) is 17.2 Å². The van der Waals surface area contributed by atoms with Crippen LogP contribution in [0.25, 0.3) is 0 Å². The van der Waals surface area contributed by atoms with Crippen molar-refractivity contribution in [2.24, 2.45) is 0 Å². The molecule has 0 spiro atoms. The van der Waals surface area contributed by atoms with Crippen LogP contribution in [0.5, 0.6) is 17.2 Å². The molecule has 0 aliphatic carbocycles. The summed E-state index contributed by atoms with van der Waals surface area (Å²) < 4.78 is 16.8. The Balaban J connectivity index is 1.38. The molecule has 0 unspecified atom stereocenters. The van der Waals surface area contributed by atoms with Crippen molar-refractivity contribution in [2.45, 2.75) is 6.54 Å². The molecule has 5 nitrogen and oxygen atoms in total. The average Bonchev–Trinajstić information content (AvgIpc) is 2.68. The highest BCUT2D eigenvalue weighted by Gasteiger charge is 2.20. The second-order valence-electron chi connectivity index (χ2n) is 6.40. The number of benzene rings is 2. The van der Waals surface area contributed by atoms with Gasteiger partial charge in [0.15, 0.2) is 11.5 Å². The van der Waals surface area contributed by atoms with Crippen LogP contribution < -0.4 is 19.1 Å². The van der Waals surface area contributed by atoms with E-state index in [1.54, 1.807) is 7.11 Å². The first-order valence-corrected chi connectivity index (χ1v) is 8.82. The van der Waals surface area contributed by atoms with Gasteiger partial charge in [0.2, 0.25) is 0 Å². The topological polar surface area (TPSA) is 34.2 Å². The summed E-state index contributed by atoms with van der Waals surface area (Å²) in [5.41, 5.74) is 2.46. The van der Waals surface area contributed by atoms with E-state index in [2.05, 4.69) is 34.1 Å². The number of rotatable bonds is 4. The molecule has 4 rings (SSSR count). The molecule has 2 heterocycles. The quantitative estimate of drug-likeness (QED) is 0.855. The molecule has 25 heavy (non-hydrogen) atoms. The SMILES string of the molecule is COc1ccccc1CN1CCN(c2ccc3c(c2)OCCO3)CC1. The van der Waals surface area contributed by atoms with E-state index in [1.165, 1.54) is 11.3 Å². The number of ether oxygens (including phenoxy) is 3. The summed E-state index contributed by atoms with van der Waals surface area (Å²) in [6.45, 7) is 6.28. The molecule has 1 saturated heterocycles. The molecule has 2 aromatic rings. The van der Waals surface area contributed by atoms with Gasteiger partial charge >= 0.3 is 0 Å². The first-order chi connectivity index (χ1) is 12.3. The van der Waals surface area contributed by atoms with E-state index >= 15 is 0 Å². The van der Waals surface area contributed by atoms with E-state index in [0.717, 1.165) is 50.0 Å². The van der Waals surface area contributed by atoms with Gasteiger partial charge in [-0.15, -0.1) is 0 Å². The van der Waals surface area contributed by atoms with Gasteiger partial charge in [0.05, 0.1) is 7.11 Å². The van der Waals surface area contributed by atoms with Crippen LogP contribution in [0.3, 0.4) is 0 Å². The summed E-state index contributed by atoms with van der Waals surface area (Å²) in [6, 6.07) is 14.5. The highest BCUT2D eigenvalue weighted by atomic mass is 16.6. The lowest BCUT2D eigenvalue weighted by Gasteiger charge is -2.36. The van der Waals surface area contributed by atoms with Gasteiger partial charge < -0.3 is 19.1 Å². The first-order valence-electron chi connectivity index (χ1n) is 8.82. The van der Waals surface area contributed by atoms with Gasteiger partial charge in [-0.1, -0.05) is 18.2 Å². The van der Waals surface area contributed by atoms with Gasteiger partial charge in [-0.25, -0.2) is 0 Å². The molecule has 1 fully saturated rings. The number of anilines is 1. The standard InChI is InChI=1S/C20H24N2O3/c1-23-18-5-3-2-4-16(18)15-21-8-10-22(11-9-21)17-6-7-19-20(14-17)25-13-12-24-19/h2-7,14H,8-13,15H2,1H3. The van der Waals surface area contributed by atoms with Crippen molar-refractivity contribution >= 4 is 5.69 Å². The van der Waals surface area contributed by atoms with Gasteiger partial charge in [-0.2, -0.15) is 0 Å². The lowest BCUT2D eigenvalue weighted by atomic mass is 10.1. The van der Waals surface area contributed by atoms with Crippen LogP contribution in [0.4, 0.5) is 5.69 Å². The summed E-state index contributed by atoms with van der Waals surface area (Å²) in [5.74, 6) is 2.68. The molecule has 0 saturated carbocycles. The highest BCUT2D eigenvalue weighted by Crippen LogP contribution is 2.34. The van der Waals surface area contributed by atoms with E-state index in [1.807, 2.05) is 18.2 Å². The summed E-state index contributed by atoms with van der Waals surface area (Å²) in [6.07, 6.45) is 0. The molecule has 0 radical (unpaired) electrons. The Morgan fingerprint density at radius 1 is 0.920 bits per heavy atom. The Kier molecular flexibility index (Phi) is 4.65. The molecule has 5 heteroatoms. The lowest BCUT2D eigenvalue weighted by molar-refractivity contribution is 0.171. The first kappa shape index (κ1) is 16.1. The zero-order valence-electron chi connectivity index (χ0n) is 14.6. The fourth-order valence-corrected chi connectivity index (χ4v) is 3.47. The van der Waals surface area contributed by atoms with Crippen molar-refractivity contribution < 1.29 is 14.2 Å². The van der Waals surface area contributed by atoms with E-state index in [-0.39, 0.29) is 0 Å². The van der Waals surface area contributed by atoms with Crippen LogP contribution in [0.2, 0.25) is 0 Å². The molecule has 2 aliphatic heterocycles. The second-order valence-corrected chi connectivity index (χ2v) is 6.40. The van der Waals surface area contributed by atoms with Crippen molar-refractivity contribution in [1.29, 1.82) is 0 Å². The normalized spacial score (nSPS) is 17.4. The van der Waals surface area contributed by atoms with E-state index in [4.69, 9.17) is 14.2 Å². The van der Waals surface area contributed by atoms with Crippen molar-refractivity contribution in [3.05, 3.63) is 48.0 Å². The van der Waals surface area contributed by atoms with E-state index in [9.17, 15) is 0 Å². The molecule has 0 N–H and O–H groups in total. The van der Waals surface area contributed by atoms with Gasteiger partial charge in [0.1, 0.15) is 19.0 Å². The number of fused-ring (bicyclic) bond motifs is 1. The monoisotopic (exact) mass is 340 g/mol. The van der Waals surface area contributed by atoms with Crippen LogP contribution >= 0.6 is 0 Å². The van der Waals surface area contributed by atoms with Crippen molar-refractivity contribution in [1.82, 2.24) is 4.90 Å². The number of para-hydroxylation sites is 1. The number of hydrogen-bond donors (Lipinski definition) is 0. The largest absolute Gasteiger partial charge is 0.496 e. The molecule has 2 aliphatic rings. The van der Waals surface area contributed by atoms with E-state index < -0.39 is 0 Å². The van der Waals surface area contributed by atoms with Crippen LogP contribution in [-0.2, 0) is 6.54 Å². The zero-order valence-corrected chi connectivity index (χ0v) is 14.6. The lowest BCUT2D eigenvalue weighted by Crippen LogP contribution is -2.46. The number of hydrogen-bond acceptors (Lipinski definition) is 5. The number of methoxy groups -OCH3 is 1. The maximum atomic E-state index is 5.70. The molecule has 0 aromatic heterocycles. The summed E-state index contributed by atoms with van der Waals surface area (Å²) in [4.78, 5) is 4.89. The average molecular weight is 340 g/mol. The Labute approximate surface area is 148 Å². The molecule has 0 bridgehead atoms. The third-order valence-corrected chi connectivity index (χ3v) is 4.85. The maximum absolute atomic E-state index is 5.70. The number of nitrogens with zero attached hydrogens (tertiary/aromatic N) is 2. The van der Waals surface area contributed by atoms with Crippen LogP contribution in [0.1, 0.15) is 5.56 Å². The smallest absolute Gasteiger partial charge is 0.163 e. The third-order valence-electron chi connectivity index (χ3n) is 4.85. The predicted molar refractivity (Wildman–Crippen MR) is 97.9 cm³/mol. The fraction of sp³-hybridized carbons (Fsp3) is 0.400. The maximum Gasteiger partial charge on any atom is 0.163 e. The van der Waals surface area contributed by atoms with Crippen molar-refractivity contribution in [3.63, 3.8) is 0 Å². The second kappa shape index (κ2) is 7.23. The minimum atomic E-state index is 0.628. The van der Waals surface area contributed by atoms with Crippen molar-refractivity contribution in [2.75, 3.05) is 51.4 Å². The third kappa shape index (κ3) is 3.51.